The number of alkyl halides is 3. The van der Waals surface area contributed by atoms with Gasteiger partial charge in [0.2, 0.25) is 0 Å². The van der Waals surface area contributed by atoms with Gasteiger partial charge in [-0.05, 0) is 17.7 Å². The highest BCUT2D eigenvalue weighted by Gasteiger charge is 2.34. The third-order valence-electron chi connectivity index (χ3n) is 3.91. The van der Waals surface area contributed by atoms with Crippen molar-refractivity contribution in [2.45, 2.75) is 12.7 Å². The summed E-state index contributed by atoms with van der Waals surface area (Å²) in [5.74, 6) is 0. The highest BCUT2D eigenvalue weighted by atomic mass is 19.4. The highest BCUT2D eigenvalue weighted by molar-refractivity contribution is 5.46. The maximum absolute atomic E-state index is 13.1. The van der Waals surface area contributed by atoms with Crippen LogP contribution in [0.1, 0.15) is 11.1 Å². The second-order valence-electron chi connectivity index (χ2n) is 5.52. The third-order valence-corrected chi connectivity index (χ3v) is 3.91. The summed E-state index contributed by atoms with van der Waals surface area (Å²) in [5.41, 5.74) is 5.28. The van der Waals surface area contributed by atoms with E-state index in [1.807, 2.05) is 4.90 Å². The average molecular weight is 317 g/mol. The summed E-state index contributed by atoms with van der Waals surface area (Å²) < 4.78 is 44.3. The van der Waals surface area contributed by atoms with Crippen molar-refractivity contribution in [3.05, 3.63) is 29.3 Å². The van der Waals surface area contributed by atoms with E-state index in [9.17, 15) is 13.2 Å². The molecule has 0 unspecified atom stereocenters. The number of hydrogen-bond acceptors (Lipinski definition) is 4. The molecule has 1 aromatic carbocycles. The minimum atomic E-state index is -4.37. The van der Waals surface area contributed by atoms with Crippen LogP contribution in [0.5, 0.6) is 0 Å². The molecule has 0 atom stereocenters. The zero-order chi connectivity index (χ0) is 16.2. The molecule has 1 aliphatic rings. The summed E-state index contributed by atoms with van der Waals surface area (Å²) in [7, 11) is 1.66. The molecule has 0 aromatic heterocycles. The van der Waals surface area contributed by atoms with E-state index in [0.717, 1.165) is 38.8 Å². The van der Waals surface area contributed by atoms with Gasteiger partial charge in [0.05, 0.1) is 12.2 Å². The molecule has 2 N–H and O–H groups in total. The maximum Gasteiger partial charge on any atom is 0.416 e. The Morgan fingerprint density at radius 2 is 1.77 bits per heavy atom. The largest absolute Gasteiger partial charge is 0.416 e. The predicted molar refractivity (Wildman–Crippen MR) is 79.4 cm³/mol. The smallest absolute Gasteiger partial charge is 0.399 e. The summed E-state index contributed by atoms with van der Waals surface area (Å²) in [6, 6.07) is 4.03. The summed E-state index contributed by atoms with van der Waals surface area (Å²) in [4.78, 5) is 4.30. The van der Waals surface area contributed by atoms with Crippen LogP contribution < -0.4 is 5.73 Å². The lowest BCUT2D eigenvalue weighted by molar-refractivity contribution is -0.138. The molecule has 1 saturated heterocycles. The lowest BCUT2D eigenvalue weighted by Gasteiger charge is -2.35. The quantitative estimate of drug-likeness (QED) is 0.844. The lowest BCUT2D eigenvalue weighted by atomic mass is 10.1. The van der Waals surface area contributed by atoms with Crippen LogP contribution in [0.25, 0.3) is 0 Å². The van der Waals surface area contributed by atoms with Crippen molar-refractivity contribution >= 4 is 5.69 Å². The van der Waals surface area contributed by atoms with E-state index in [1.54, 1.807) is 7.11 Å². The molecule has 1 fully saturated rings. The van der Waals surface area contributed by atoms with Crippen LogP contribution in [-0.4, -0.2) is 56.2 Å². The van der Waals surface area contributed by atoms with Crippen molar-refractivity contribution in [1.82, 2.24) is 9.80 Å². The molecule has 0 spiro atoms. The number of rotatable bonds is 5. The Labute approximate surface area is 128 Å². The van der Waals surface area contributed by atoms with Gasteiger partial charge in [-0.2, -0.15) is 13.2 Å². The molecular formula is C15H22F3N3O. The molecule has 0 bridgehead atoms. The zero-order valence-corrected chi connectivity index (χ0v) is 12.7. The Kier molecular flexibility index (Phi) is 5.66. The van der Waals surface area contributed by atoms with Crippen LogP contribution in [-0.2, 0) is 17.5 Å². The van der Waals surface area contributed by atoms with E-state index >= 15 is 0 Å². The van der Waals surface area contributed by atoms with Crippen molar-refractivity contribution in [3.8, 4) is 0 Å². The predicted octanol–water partition coefficient (Wildman–Crippen LogP) is 2.05. The Morgan fingerprint density at radius 3 is 2.36 bits per heavy atom. The summed E-state index contributed by atoms with van der Waals surface area (Å²) >= 11 is 0. The summed E-state index contributed by atoms with van der Waals surface area (Å²) in [5, 5.41) is 0. The van der Waals surface area contributed by atoms with E-state index in [1.165, 1.54) is 12.1 Å². The van der Waals surface area contributed by atoms with Gasteiger partial charge in [0.1, 0.15) is 0 Å². The molecule has 1 heterocycles. The molecule has 124 valence electrons. The van der Waals surface area contributed by atoms with Gasteiger partial charge in [0, 0.05) is 52.1 Å². The van der Waals surface area contributed by atoms with Gasteiger partial charge in [0.15, 0.2) is 0 Å². The molecule has 7 heteroatoms. The Morgan fingerprint density at radius 1 is 1.14 bits per heavy atom. The number of nitrogens with zero attached hydrogens (tertiary/aromatic N) is 2. The molecule has 1 aromatic rings. The van der Waals surface area contributed by atoms with Gasteiger partial charge in [-0.3, -0.25) is 9.80 Å². The fourth-order valence-electron chi connectivity index (χ4n) is 2.63. The fourth-order valence-corrected chi connectivity index (χ4v) is 2.63. The molecule has 0 amide bonds. The standard InChI is InChI=1S/C15H22F3N3O/c1-22-9-8-20-4-6-21(7-5-20)11-12-2-3-13(19)10-14(12)15(16,17)18/h2-3,10H,4-9,11,19H2,1H3. The second kappa shape index (κ2) is 7.30. The minimum Gasteiger partial charge on any atom is -0.399 e. The van der Waals surface area contributed by atoms with Gasteiger partial charge >= 0.3 is 6.18 Å². The van der Waals surface area contributed by atoms with Crippen LogP contribution in [0, 0.1) is 0 Å². The number of nitrogen functional groups attached to an aromatic ring is 1. The van der Waals surface area contributed by atoms with Crippen LogP contribution in [0.3, 0.4) is 0 Å². The molecule has 0 aliphatic carbocycles. The summed E-state index contributed by atoms with van der Waals surface area (Å²) in [6.45, 7) is 5.04. The Balaban J connectivity index is 1.98. The summed E-state index contributed by atoms with van der Waals surface area (Å²) in [6.07, 6.45) is -4.37. The first-order valence-corrected chi connectivity index (χ1v) is 7.29. The topological polar surface area (TPSA) is 41.7 Å². The number of anilines is 1. The SMILES string of the molecule is COCCN1CCN(Cc2ccc(N)cc2C(F)(F)F)CC1. The first kappa shape index (κ1) is 17.1. The average Bonchev–Trinajstić information content (AvgIpc) is 2.47. The van der Waals surface area contributed by atoms with Crippen molar-refractivity contribution in [3.63, 3.8) is 0 Å². The molecule has 4 nitrogen and oxygen atoms in total. The van der Waals surface area contributed by atoms with E-state index in [0.29, 0.717) is 13.2 Å². The maximum atomic E-state index is 13.1. The van der Waals surface area contributed by atoms with Gasteiger partial charge in [-0.1, -0.05) is 6.07 Å². The molecule has 1 aliphatic heterocycles. The van der Waals surface area contributed by atoms with Gasteiger partial charge in [0.25, 0.3) is 0 Å². The van der Waals surface area contributed by atoms with Gasteiger partial charge in [-0.25, -0.2) is 0 Å². The minimum absolute atomic E-state index is 0.139. The number of halogens is 3. The van der Waals surface area contributed by atoms with E-state index in [-0.39, 0.29) is 11.3 Å². The molecule has 0 saturated carbocycles. The molecule has 22 heavy (non-hydrogen) atoms. The first-order chi connectivity index (χ1) is 10.4. The zero-order valence-electron chi connectivity index (χ0n) is 12.7. The fraction of sp³-hybridized carbons (Fsp3) is 0.600. The van der Waals surface area contributed by atoms with Crippen LogP contribution >= 0.6 is 0 Å². The van der Waals surface area contributed by atoms with Crippen molar-refractivity contribution in [2.75, 3.05) is 52.2 Å². The monoisotopic (exact) mass is 317 g/mol. The first-order valence-electron chi connectivity index (χ1n) is 7.29. The van der Waals surface area contributed by atoms with Gasteiger partial charge in [-0.15, -0.1) is 0 Å². The molecule has 0 radical (unpaired) electrons. The second-order valence-corrected chi connectivity index (χ2v) is 5.52. The number of benzene rings is 1. The Bertz CT molecular complexity index is 485. The van der Waals surface area contributed by atoms with E-state index in [2.05, 4.69) is 4.90 Å². The number of hydrogen-bond donors (Lipinski definition) is 1. The lowest BCUT2D eigenvalue weighted by Crippen LogP contribution is -2.46. The van der Waals surface area contributed by atoms with Crippen LogP contribution in [0.2, 0.25) is 0 Å². The van der Waals surface area contributed by atoms with E-state index in [4.69, 9.17) is 10.5 Å². The Hall–Kier alpha value is -1.31. The number of piperazine rings is 1. The number of ether oxygens (including phenoxy) is 1. The van der Waals surface area contributed by atoms with Gasteiger partial charge < -0.3 is 10.5 Å². The highest BCUT2D eigenvalue weighted by Crippen LogP contribution is 2.34. The number of methoxy groups -OCH3 is 1. The normalized spacial score (nSPS) is 17.8. The van der Waals surface area contributed by atoms with Crippen LogP contribution in [0.15, 0.2) is 18.2 Å². The van der Waals surface area contributed by atoms with Crippen molar-refractivity contribution in [1.29, 1.82) is 0 Å². The molecule has 2 rings (SSSR count). The third kappa shape index (κ3) is 4.59. The number of nitrogens with two attached hydrogens (primary N) is 1. The van der Waals surface area contributed by atoms with Crippen molar-refractivity contribution < 1.29 is 17.9 Å². The molecular weight excluding hydrogens is 295 g/mol. The van der Waals surface area contributed by atoms with Crippen molar-refractivity contribution in [2.24, 2.45) is 0 Å². The van der Waals surface area contributed by atoms with Crippen LogP contribution in [0.4, 0.5) is 18.9 Å². The van der Waals surface area contributed by atoms with E-state index < -0.39 is 11.7 Å².